The minimum atomic E-state index is -0.501. The van der Waals surface area contributed by atoms with Gasteiger partial charge in [0.25, 0.3) is 5.91 Å². The molecule has 5 rings (SSSR count). The molecule has 6 heteroatoms. The summed E-state index contributed by atoms with van der Waals surface area (Å²) in [5, 5.41) is 11.5. The van der Waals surface area contributed by atoms with E-state index in [0.717, 1.165) is 21.3 Å². The van der Waals surface area contributed by atoms with Crippen molar-refractivity contribution in [3.63, 3.8) is 0 Å². The molecule has 0 bridgehead atoms. The number of fused-ring (bicyclic) bond motifs is 1. The topological polar surface area (TPSA) is 66.3 Å². The maximum absolute atomic E-state index is 13.1. The van der Waals surface area contributed by atoms with E-state index in [1.54, 1.807) is 23.2 Å². The zero-order chi connectivity index (χ0) is 20.0. The number of rotatable bonds is 3. The number of benzene rings is 2. The van der Waals surface area contributed by atoms with E-state index in [0.29, 0.717) is 16.4 Å². The summed E-state index contributed by atoms with van der Waals surface area (Å²) in [5.41, 5.74) is 3.38. The number of pyridine rings is 1. The fraction of sp³-hybridized carbons (Fsp3) is 0.0870. The lowest BCUT2D eigenvalue weighted by Gasteiger charge is -2.25. The second-order valence-electron chi connectivity index (χ2n) is 6.93. The molecule has 29 heavy (non-hydrogen) atoms. The minimum Gasteiger partial charge on any atom is -0.503 e. The van der Waals surface area contributed by atoms with Gasteiger partial charge in [0.15, 0.2) is 5.76 Å². The number of anilines is 1. The second kappa shape index (κ2) is 6.83. The first-order chi connectivity index (χ1) is 14.1. The van der Waals surface area contributed by atoms with E-state index in [4.69, 9.17) is 4.98 Å². The van der Waals surface area contributed by atoms with Crippen molar-refractivity contribution in [2.45, 2.75) is 13.0 Å². The van der Waals surface area contributed by atoms with E-state index >= 15 is 0 Å². The highest BCUT2D eigenvalue weighted by atomic mass is 32.1. The van der Waals surface area contributed by atoms with Gasteiger partial charge in [0, 0.05) is 6.20 Å². The van der Waals surface area contributed by atoms with E-state index in [1.807, 2.05) is 61.5 Å². The first-order valence-electron chi connectivity index (χ1n) is 9.24. The van der Waals surface area contributed by atoms with Crippen molar-refractivity contribution in [2.75, 3.05) is 4.90 Å². The molecule has 1 atom stereocenters. The minimum absolute atomic E-state index is 0.278. The maximum Gasteiger partial charge on any atom is 0.295 e. The monoisotopic (exact) mass is 399 g/mol. The molecular weight excluding hydrogens is 382 g/mol. The van der Waals surface area contributed by atoms with E-state index in [1.165, 1.54) is 11.3 Å². The zero-order valence-electron chi connectivity index (χ0n) is 15.6. The Kier molecular flexibility index (Phi) is 4.14. The molecule has 2 aromatic heterocycles. The Hall–Kier alpha value is -3.51. The Morgan fingerprint density at radius 2 is 1.76 bits per heavy atom. The summed E-state index contributed by atoms with van der Waals surface area (Å²) in [6.45, 7) is 2.02. The molecule has 1 aliphatic rings. The second-order valence-corrected chi connectivity index (χ2v) is 7.96. The number of nitrogens with zero attached hydrogens (tertiary/aromatic N) is 3. The highest BCUT2D eigenvalue weighted by Crippen LogP contribution is 2.46. The highest BCUT2D eigenvalue weighted by molar-refractivity contribution is 7.19. The SMILES string of the molecule is Cc1ccc(C2C(c3nc4ccccc4s3)=C(O)C(=O)N2c2ccccn2)cc1. The van der Waals surface area contributed by atoms with Crippen LogP contribution in [0.3, 0.4) is 0 Å². The standard InChI is InChI=1S/C23H17N3O2S/c1-14-9-11-15(12-10-14)20-19(22-25-16-6-2-3-7-17(16)29-22)21(27)23(28)26(20)18-8-4-5-13-24-18/h2-13,20,27H,1H3. The number of hydrogen-bond donors (Lipinski definition) is 1. The lowest BCUT2D eigenvalue weighted by Crippen LogP contribution is -2.30. The third-order valence-electron chi connectivity index (χ3n) is 5.02. The van der Waals surface area contributed by atoms with Crippen LogP contribution in [0.5, 0.6) is 0 Å². The zero-order valence-corrected chi connectivity index (χ0v) is 16.4. The van der Waals surface area contributed by atoms with E-state index in [-0.39, 0.29) is 5.76 Å². The lowest BCUT2D eigenvalue weighted by molar-refractivity contribution is -0.117. The summed E-state index contributed by atoms with van der Waals surface area (Å²) in [6, 6.07) is 20.7. The number of aromatic nitrogens is 2. The van der Waals surface area contributed by atoms with Crippen LogP contribution in [0.15, 0.2) is 78.7 Å². The molecule has 0 aliphatic carbocycles. The molecule has 0 radical (unpaired) electrons. The summed E-state index contributed by atoms with van der Waals surface area (Å²) in [7, 11) is 0. The summed E-state index contributed by atoms with van der Waals surface area (Å²) in [5.74, 6) is -0.255. The number of carbonyl (C=O) groups excluding carboxylic acids is 1. The van der Waals surface area contributed by atoms with Gasteiger partial charge < -0.3 is 5.11 Å². The van der Waals surface area contributed by atoms with Gasteiger partial charge in [-0.25, -0.2) is 9.97 Å². The molecule has 1 N–H and O–H groups in total. The molecule has 5 nitrogen and oxygen atoms in total. The van der Waals surface area contributed by atoms with E-state index < -0.39 is 11.9 Å². The molecule has 0 saturated carbocycles. The van der Waals surface area contributed by atoms with Crippen LogP contribution in [0.1, 0.15) is 22.2 Å². The molecule has 0 spiro atoms. The fourth-order valence-corrected chi connectivity index (χ4v) is 4.64. The summed E-state index contributed by atoms with van der Waals surface area (Å²) in [6.07, 6.45) is 1.64. The van der Waals surface area contributed by atoms with Gasteiger partial charge in [-0.05, 0) is 36.8 Å². The Labute approximate surface area is 171 Å². The molecule has 0 fully saturated rings. The van der Waals surface area contributed by atoms with Crippen molar-refractivity contribution >= 4 is 38.9 Å². The van der Waals surface area contributed by atoms with Gasteiger partial charge in [-0.1, -0.05) is 48.0 Å². The maximum atomic E-state index is 13.1. The number of aryl methyl sites for hydroxylation is 1. The van der Waals surface area contributed by atoms with Crippen LogP contribution in [-0.4, -0.2) is 21.0 Å². The van der Waals surface area contributed by atoms with E-state index in [9.17, 15) is 9.90 Å². The third kappa shape index (κ3) is 2.89. The molecule has 1 amide bonds. The van der Waals surface area contributed by atoms with Gasteiger partial charge in [-0.15, -0.1) is 11.3 Å². The Balaban J connectivity index is 1.72. The number of hydrogen-bond acceptors (Lipinski definition) is 5. The van der Waals surface area contributed by atoms with Gasteiger partial charge in [0.05, 0.1) is 21.8 Å². The predicted molar refractivity (Wildman–Crippen MR) is 115 cm³/mol. The molecule has 142 valence electrons. The van der Waals surface area contributed by atoms with Crippen LogP contribution < -0.4 is 4.90 Å². The van der Waals surface area contributed by atoms with Gasteiger partial charge in [-0.2, -0.15) is 0 Å². The van der Waals surface area contributed by atoms with Crippen molar-refractivity contribution in [1.82, 2.24) is 9.97 Å². The Bertz CT molecular complexity index is 1210. The average Bonchev–Trinajstić information content (AvgIpc) is 3.28. The number of para-hydroxylation sites is 1. The fourth-order valence-electron chi connectivity index (χ4n) is 3.61. The normalized spacial score (nSPS) is 16.8. The van der Waals surface area contributed by atoms with Gasteiger partial charge >= 0.3 is 0 Å². The summed E-state index contributed by atoms with van der Waals surface area (Å²) < 4.78 is 1.01. The molecule has 1 unspecified atom stereocenters. The number of thiazole rings is 1. The van der Waals surface area contributed by atoms with Gasteiger partial charge in [0.1, 0.15) is 10.8 Å². The van der Waals surface area contributed by atoms with Crippen molar-refractivity contribution in [3.05, 3.63) is 94.8 Å². The highest BCUT2D eigenvalue weighted by Gasteiger charge is 2.43. The summed E-state index contributed by atoms with van der Waals surface area (Å²) >= 11 is 1.47. The van der Waals surface area contributed by atoms with Crippen molar-refractivity contribution < 1.29 is 9.90 Å². The summed E-state index contributed by atoms with van der Waals surface area (Å²) in [4.78, 5) is 23.7. The van der Waals surface area contributed by atoms with Crippen LogP contribution in [0.4, 0.5) is 5.82 Å². The molecule has 1 aliphatic heterocycles. The van der Waals surface area contributed by atoms with Gasteiger partial charge in [-0.3, -0.25) is 9.69 Å². The Morgan fingerprint density at radius 3 is 2.48 bits per heavy atom. The number of amides is 1. The van der Waals surface area contributed by atoms with Crippen molar-refractivity contribution in [2.24, 2.45) is 0 Å². The number of aliphatic hydroxyl groups is 1. The molecule has 3 heterocycles. The van der Waals surface area contributed by atoms with Crippen LogP contribution in [-0.2, 0) is 4.79 Å². The van der Waals surface area contributed by atoms with Gasteiger partial charge in [0.2, 0.25) is 0 Å². The quantitative estimate of drug-likeness (QED) is 0.523. The van der Waals surface area contributed by atoms with Crippen LogP contribution in [0, 0.1) is 6.92 Å². The largest absolute Gasteiger partial charge is 0.503 e. The molecule has 0 saturated heterocycles. The number of aliphatic hydroxyl groups excluding tert-OH is 1. The smallest absolute Gasteiger partial charge is 0.295 e. The van der Waals surface area contributed by atoms with Crippen LogP contribution in [0.25, 0.3) is 15.8 Å². The number of carbonyl (C=O) groups is 1. The lowest BCUT2D eigenvalue weighted by atomic mass is 9.98. The van der Waals surface area contributed by atoms with Crippen LogP contribution in [0.2, 0.25) is 0 Å². The van der Waals surface area contributed by atoms with Crippen LogP contribution >= 0.6 is 11.3 Å². The van der Waals surface area contributed by atoms with Crippen molar-refractivity contribution in [1.29, 1.82) is 0 Å². The predicted octanol–water partition coefficient (Wildman–Crippen LogP) is 5.06. The third-order valence-corrected chi connectivity index (χ3v) is 6.09. The van der Waals surface area contributed by atoms with E-state index in [2.05, 4.69) is 4.98 Å². The molecule has 4 aromatic rings. The first-order valence-corrected chi connectivity index (χ1v) is 10.1. The average molecular weight is 399 g/mol. The molecular formula is C23H17N3O2S. The molecule has 2 aromatic carbocycles. The first kappa shape index (κ1) is 17.6. The Morgan fingerprint density at radius 1 is 1.00 bits per heavy atom. The van der Waals surface area contributed by atoms with Crippen molar-refractivity contribution in [3.8, 4) is 0 Å².